The molecule has 0 aromatic rings. The minimum atomic E-state index is 0.198. The summed E-state index contributed by atoms with van der Waals surface area (Å²) in [4.78, 5) is 14.6. The summed E-state index contributed by atoms with van der Waals surface area (Å²) in [6.07, 6.45) is 4.55. The maximum Gasteiger partial charge on any atom is 0.226 e. The third-order valence-electron chi connectivity index (χ3n) is 4.84. The lowest BCUT2D eigenvalue weighted by Gasteiger charge is -2.30. The van der Waals surface area contributed by atoms with Gasteiger partial charge in [-0.2, -0.15) is 0 Å². The van der Waals surface area contributed by atoms with Crippen LogP contribution in [0, 0.1) is 17.3 Å². The van der Waals surface area contributed by atoms with E-state index >= 15 is 0 Å². The number of hydrogen-bond acceptors (Lipinski definition) is 2. The van der Waals surface area contributed by atoms with E-state index in [-0.39, 0.29) is 17.4 Å². The van der Waals surface area contributed by atoms with Crippen LogP contribution in [0.25, 0.3) is 0 Å². The largest absolute Gasteiger partial charge is 0.342 e. The Kier molecular flexibility index (Phi) is 3.48. The van der Waals surface area contributed by atoms with E-state index in [4.69, 9.17) is 5.73 Å². The molecule has 2 fully saturated rings. The van der Waals surface area contributed by atoms with Crippen molar-refractivity contribution in [2.45, 2.75) is 52.5 Å². The second-order valence-corrected chi connectivity index (χ2v) is 6.63. The van der Waals surface area contributed by atoms with E-state index in [9.17, 15) is 4.79 Å². The topological polar surface area (TPSA) is 46.3 Å². The van der Waals surface area contributed by atoms with Crippen molar-refractivity contribution in [1.82, 2.24) is 4.90 Å². The highest BCUT2D eigenvalue weighted by Gasteiger charge is 2.42. The summed E-state index contributed by atoms with van der Waals surface area (Å²) in [5, 5.41) is 0. The Bertz CT molecular complexity index is 299. The number of nitrogens with two attached hydrogens (primary N) is 1. The van der Waals surface area contributed by atoms with Gasteiger partial charge in [0.15, 0.2) is 0 Å². The van der Waals surface area contributed by atoms with Gasteiger partial charge in [-0.1, -0.05) is 20.3 Å². The first-order valence-electron chi connectivity index (χ1n) is 6.96. The second-order valence-electron chi connectivity index (χ2n) is 6.63. The van der Waals surface area contributed by atoms with Crippen molar-refractivity contribution in [3.05, 3.63) is 0 Å². The Morgan fingerprint density at radius 2 is 2.12 bits per heavy atom. The molecule has 1 aliphatic carbocycles. The van der Waals surface area contributed by atoms with Crippen LogP contribution in [0.3, 0.4) is 0 Å². The van der Waals surface area contributed by atoms with Crippen LogP contribution in [-0.2, 0) is 4.79 Å². The van der Waals surface area contributed by atoms with E-state index in [0.717, 1.165) is 25.9 Å². The summed E-state index contributed by atoms with van der Waals surface area (Å²) < 4.78 is 0. The number of rotatable bonds is 2. The molecule has 3 unspecified atom stereocenters. The fourth-order valence-electron chi connectivity index (χ4n) is 3.42. The Balaban J connectivity index is 1.98. The lowest BCUT2D eigenvalue weighted by Crippen LogP contribution is -2.39. The molecule has 0 radical (unpaired) electrons. The van der Waals surface area contributed by atoms with E-state index < -0.39 is 0 Å². The molecule has 2 aliphatic rings. The van der Waals surface area contributed by atoms with Crippen LogP contribution < -0.4 is 5.73 Å². The number of carbonyl (C=O) groups excluding carboxylic acids is 1. The fourth-order valence-corrected chi connectivity index (χ4v) is 3.42. The van der Waals surface area contributed by atoms with Gasteiger partial charge in [0, 0.05) is 25.0 Å². The van der Waals surface area contributed by atoms with Crippen LogP contribution in [0.5, 0.6) is 0 Å². The van der Waals surface area contributed by atoms with Crippen LogP contribution in [0.1, 0.15) is 46.5 Å². The quantitative estimate of drug-likeness (QED) is 0.800. The molecule has 1 saturated heterocycles. The first-order chi connectivity index (χ1) is 7.92. The van der Waals surface area contributed by atoms with Crippen LogP contribution in [0.15, 0.2) is 0 Å². The summed E-state index contributed by atoms with van der Waals surface area (Å²) in [6, 6.07) is 0.212. The molecule has 17 heavy (non-hydrogen) atoms. The van der Waals surface area contributed by atoms with Crippen molar-refractivity contribution in [3.8, 4) is 0 Å². The summed E-state index contributed by atoms with van der Waals surface area (Å²) in [5.41, 5.74) is 6.13. The average Bonchev–Trinajstić information content (AvgIpc) is 2.82. The summed E-state index contributed by atoms with van der Waals surface area (Å²) >= 11 is 0. The highest BCUT2D eigenvalue weighted by molar-refractivity contribution is 5.80. The maximum absolute atomic E-state index is 12.5. The van der Waals surface area contributed by atoms with Gasteiger partial charge in [0.05, 0.1) is 0 Å². The normalized spacial score (nSPS) is 34.0. The number of carbonyl (C=O) groups is 1. The van der Waals surface area contributed by atoms with Gasteiger partial charge in [-0.3, -0.25) is 4.79 Å². The molecule has 1 saturated carbocycles. The molecule has 3 nitrogen and oxygen atoms in total. The van der Waals surface area contributed by atoms with Gasteiger partial charge in [0.25, 0.3) is 0 Å². The van der Waals surface area contributed by atoms with Crippen molar-refractivity contribution >= 4 is 5.91 Å². The summed E-state index contributed by atoms with van der Waals surface area (Å²) in [5.74, 6) is 1.13. The lowest BCUT2D eigenvalue weighted by atomic mass is 9.81. The Morgan fingerprint density at radius 3 is 2.59 bits per heavy atom. The standard InChI is InChI=1S/C14H26N2O/c1-10(15)11-6-8-16(9-11)13(17)12-5-4-7-14(12,2)3/h10-12H,4-9,15H2,1-3H3. The lowest BCUT2D eigenvalue weighted by molar-refractivity contribution is -0.137. The minimum absolute atomic E-state index is 0.198. The van der Waals surface area contributed by atoms with E-state index in [1.165, 1.54) is 12.8 Å². The smallest absolute Gasteiger partial charge is 0.226 e. The molecule has 3 atom stereocenters. The molecule has 2 N–H and O–H groups in total. The van der Waals surface area contributed by atoms with Crippen molar-refractivity contribution in [3.63, 3.8) is 0 Å². The SMILES string of the molecule is CC(N)C1CCN(C(=O)C2CCCC2(C)C)C1. The van der Waals surface area contributed by atoms with Gasteiger partial charge in [0.2, 0.25) is 5.91 Å². The zero-order chi connectivity index (χ0) is 12.6. The molecule has 2 rings (SSSR count). The van der Waals surface area contributed by atoms with Crippen molar-refractivity contribution in [2.24, 2.45) is 23.0 Å². The van der Waals surface area contributed by atoms with Crippen LogP contribution in [0.2, 0.25) is 0 Å². The maximum atomic E-state index is 12.5. The third-order valence-corrected chi connectivity index (χ3v) is 4.84. The molecule has 3 heteroatoms. The molecular formula is C14H26N2O. The summed E-state index contributed by atoms with van der Waals surface area (Å²) in [6.45, 7) is 8.32. The zero-order valence-electron chi connectivity index (χ0n) is 11.4. The van der Waals surface area contributed by atoms with Crippen molar-refractivity contribution in [1.29, 1.82) is 0 Å². The predicted octanol–water partition coefficient (Wildman–Crippen LogP) is 2.01. The molecule has 0 spiro atoms. The molecule has 1 heterocycles. The van der Waals surface area contributed by atoms with Gasteiger partial charge >= 0.3 is 0 Å². The Morgan fingerprint density at radius 1 is 1.41 bits per heavy atom. The number of amides is 1. The van der Waals surface area contributed by atoms with Crippen molar-refractivity contribution < 1.29 is 4.79 Å². The second kappa shape index (κ2) is 4.60. The van der Waals surface area contributed by atoms with E-state index in [1.54, 1.807) is 0 Å². The third kappa shape index (κ3) is 2.49. The first kappa shape index (κ1) is 12.9. The average molecular weight is 238 g/mol. The highest BCUT2D eigenvalue weighted by atomic mass is 16.2. The molecule has 0 aromatic heterocycles. The summed E-state index contributed by atoms with van der Waals surface area (Å²) in [7, 11) is 0. The number of likely N-dealkylation sites (tertiary alicyclic amines) is 1. The molecule has 1 amide bonds. The van der Waals surface area contributed by atoms with Crippen LogP contribution in [-0.4, -0.2) is 29.9 Å². The fraction of sp³-hybridized carbons (Fsp3) is 0.929. The van der Waals surface area contributed by atoms with Crippen LogP contribution in [0.4, 0.5) is 0 Å². The minimum Gasteiger partial charge on any atom is -0.342 e. The zero-order valence-corrected chi connectivity index (χ0v) is 11.4. The monoisotopic (exact) mass is 238 g/mol. The number of hydrogen-bond donors (Lipinski definition) is 1. The predicted molar refractivity (Wildman–Crippen MR) is 69.5 cm³/mol. The molecular weight excluding hydrogens is 212 g/mol. The van der Waals surface area contributed by atoms with Gasteiger partial charge in [-0.05, 0) is 37.5 Å². The van der Waals surface area contributed by atoms with E-state index in [0.29, 0.717) is 11.8 Å². The van der Waals surface area contributed by atoms with Gasteiger partial charge in [0.1, 0.15) is 0 Å². The van der Waals surface area contributed by atoms with E-state index in [1.807, 2.05) is 0 Å². The Labute approximate surface area is 105 Å². The first-order valence-corrected chi connectivity index (χ1v) is 6.96. The molecule has 0 aromatic carbocycles. The molecule has 1 aliphatic heterocycles. The molecule has 0 bridgehead atoms. The van der Waals surface area contributed by atoms with Gasteiger partial charge in [-0.25, -0.2) is 0 Å². The van der Waals surface area contributed by atoms with Crippen LogP contribution >= 0.6 is 0 Å². The molecule has 98 valence electrons. The van der Waals surface area contributed by atoms with E-state index in [2.05, 4.69) is 25.7 Å². The van der Waals surface area contributed by atoms with Gasteiger partial charge < -0.3 is 10.6 Å². The number of nitrogens with zero attached hydrogens (tertiary/aromatic N) is 1. The Hall–Kier alpha value is -0.570. The highest BCUT2D eigenvalue weighted by Crippen LogP contribution is 2.44. The van der Waals surface area contributed by atoms with Crippen molar-refractivity contribution in [2.75, 3.05) is 13.1 Å². The van der Waals surface area contributed by atoms with Gasteiger partial charge in [-0.15, -0.1) is 0 Å².